The molecular formula is C20H32O4. The lowest BCUT2D eigenvalue weighted by Crippen LogP contribution is -2.17. The van der Waals surface area contributed by atoms with Gasteiger partial charge in [-0.3, -0.25) is 4.79 Å². The third kappa shape index (κ3) is 8.52. The molecule has 136 valence electrons. The Kier molecular flexibility index (Phi) is 10.5. The summed E-state index contributed by atoms with van der Waals surface area (Å²) in [5.74, 6) is 5.91. The Morgan fingerprint density at radius 2 is 2.04 bits per heavy atom. The normalized spacial score (nSPS) is 24.7. The number of aliphatic carboxylic acids is 1. The van der Waals surface area contributed by atoms with Crippen molar-refractivity contribution in [3.63, 3.8) is 0 Å². The lowest BCUT2D eigenvalue weighted by atomic mass is 9.91. The Bertz CT molecular complexity index is 446. The predicted octanol–water partition coefficient (Wildman–Crippen LogP) is 3.52. The fraction of sp³-hybridized carbons (Fsp3) is 0.750. The summed E-state index contributed by atoms with van der Waals surface area (Å²) in [6.45, 7) is 2.11. The van der Waals surface area contributed by atoms with E-state index in [9.17, 15) is 15.0 Å². The van der Waals surface area contributed by atoms with E-state index in [4.69, 9.17) is 5.11 Å². The summed E-state index contributed by atoms with van der Waals surface area (Å²) in [6.07, 6.45) is 10.9. The number of rotatable bonds is 10. The van der Waals surface area contributed by atoms with Crippen LogP contribution in [-0.2, 0) is 4.79 Å². The second kappa shape index (κ2) is 12.1. The van der Waals surface area contributed by atoms with Crippen LogP contribution in [-0.4, -0.2) is 33.5 Å². The summed E-state index contributed by atoms with van der Waals surface area (Å²) in [5, 5.41) is 28.6. The van der Waals surface area contributed by atoms with Crippen LogP contribution in [0.4, 0.5) is 0 Å². The highest BCUT2D eigenvalue weighted by molar-refractivity contribution is 5.66. The molecule has 0 radical (unpaired) electrons. The molecule has 1 fully saturated rings. The molecule has 0 bridgehead atoms. The van der Waals surface area contributed by atoms with Gasteiger partial charge in [-0.15, -0.1) is 11.8 Å². The molecule has 4 unspecified atom stereocenters. The van der Waals surface area contributed by atoms with E-state index in [0.29, 0.717) is 19.3 Å². The first-order chi connectivity index (χ1) is 11.5. The van der Waals surface area contributed by atoms with Crippen molar-refractivity contribution >= 4 is 5.97 Å². The number of aliphatic hydroxyl groups is 2. The van der Waals surface area contributed by atoms with E-state index in [1.54, 1.807) is 0 Å². The maximum Gasteiger partial charge on any atom is 0.303 e. The maximum atomic E-state index is 10.4. The van der Waals surface area contributed by atoms with Crippen molar-refractivity contribution in [2.45, 2.75) is 83.3 Å². The van der Waals surface area contributed by atoms with E-state index < -0.39 is 5.97 Å². The van der Waals surface area contributed by atoms with E-state index in [1.807, 2.05) is 6.08 Å². The van der Waals surface area contributed by atoms with Gasteiger partial charge in [0.1, 0.15) is 0 Å². The number of allylic oxidation sites excluding steroid dienone is 1. The molecule has 0 aromatic rings. The van der Waals surface area contributed by atoms with Gasteiger partial charge in [0.25, 0.3) is 0 Å². The highest BCUT2D eigenvalue weighted by Gasteiger charge is 2.32. The van der Waals surface area contributed by atoms with Crippen LogP contribution in [0.5, 0.6) is 0 Å². The Balaban J connectivity index is 2.36. The Labute approximate surface area is 146 Å². The summed E-state index contributed by atoms with van der Waals surface area (Å²) in [6, 6.07) is 0. The monoisotopic (exact) mass is 336 g/mol. The molecule has 1 aliphatic rings. The Morgan fingerprint density at radius 3 is 2.75 bits per heavy atom. The van der Waals surface area contributed by atoms with Crippen molar-refractivity contribution in [3.05, 3.63) is 12.2 Å². The maximum absolute atomic E-state index is 10.4. The van der Waals surface area contributed by atoms with Gasteiger partial charge in [0.15, 0.2) is 0 Å². The minimum absolute atomic E-state index is 0.145. The summed E-state index contributed by atoms with van der Waals surface area (Å²) < 4.78 is 0. The third-order valence-corrected chi connectivity index (χ3v) is 4.68. The summed E-state index contributed by atoms with van der Waals surface area (Å²) in [4.78, 5) is 10.4. The van der Waals surface area contributed by atoms with E-state index in [-0.39, 0.29) is 30.5 Å². The van der Waals surface area contributed by atoms with Gasteiger partial charge in [0, 0.05) is 25.2 Å². The zero-order valence-corrected chi connectivity index (χ0v) is 14.8. The molecule has 24 heavy (non-hydrogen) atoms. The molecule has 4 atom stereocenters. The van der Waals surface area contributed by atoms with Crippen LogP contribution in [0, 0.1) is 23.7 Å². The smallest absolute Gasteiger partial charge is 0.303 e. The molecule has 1 aliphatic carbocycles. The van der Waals surface area contributed by atoms with E-state index >= 15 is 0 Å². The molecule has 4 nitrogen and oxygen atoms in total. The minimum atomic E-state index is -0.757. The minimum Gasteiger partial charge on any atom is -0.481 e. The van der Waals surface area contributed by atoms with E-state index in [0.717, 1.165) is 38.5 Å². The average Bonchev–Trinajstić information content (AvgIpc) is 2.90. The van der Waals surface area contributed by atoms with Crippen LogP contribution < -0.4 is 0 Å². The molecule has 0 aromatic carbocycles. The van der Waals surface area contributed by atoms with Crippen LogP contribution in [0.25, 0.3) is 0 Å². The lowest BCUT2D eigenvalue weighted by Gasteiger charge is -2.17. The molecule has 0 amide bonds. The van der Waals surface area contributed by atoms with Gasteiger partial charge < -0.3 is 15.3 Å². The molecule has 0 saturated heterocycles. The van der Waals surface area contributed by atoms with Crippen molar-refractivity contribution in [3.8, 4) is 11.8 Å². The standard InChI is InChI=1S/C20H32O4/c1-2-3-9-17(21)14-12-16-13-15-19(22)18(16)10-7-5-4-6-8-11-20(23)24/h12,14,16-19,21-22H,2-4,6,8-11,13,15H2,1H3,(H,23,24). The highest BCUT2D eigenvalue weighted by atomic mass is 16.4. The quantitative estimate of drug-likeness (QED) is 0.324. The van der Waals surface area contributed by atoms with E-state index in [1.165, 1.54) is 0 Å². The first-order valence-electron chi connectivity index (χ1n) is 9.26. The van der Waals surface area contributed by atoms with Crippen LogP contribution in [0.1, 0.15) is 71.1 Å². The molecule has 3 N–H and O–H groups in total. The average molecular weight is 336 g/mol. The van der Waals surface area contributed by atoms with Crippen molar-refractivity contribution in [2.75, 3.05) is 0 Å². The Hall–Kier alpha value is -1.31. The van der Waals surface area contributed by atoms with Crippen LogP contribution in [0.2, 0.25) is 0 Å². The van der Waals surface area contributed by atoms with Crippen LogP contribution in [0.3, 0.4) is 0 Å². The molecule has 4 heteroatoms. The SMILES string of the molecule is CCCCC(O)C=CC1CCC(O)C1CC#CCCCCC(=O)O. The molecule has 0 heterocycles. The third-order valence-electron chi connectivity index (χ3n) is 4.68. The molecule has 1 saturated carbocycles. The number of carboxylic acids is 1. The second-order valence-corrected chi connectivity index (χ2v) is 6.73. The number of aliphatic hydroxyl groups excluding tert-OH is 2. The summed E-state index contributed by atoms with van der Waals surface area (Å²) in [7, 11) is 0. The number of hydrogen-bond donors (Lipinski definition) is 3. The molecule has 0 spiro atoms. The zero-order chi connectivity index (χ0) is 17.8. The Morgan fingerprint density at radius 1 is 1.25 bits per heavy atom. The first-order valence-corrected chi connectivity index (χ1v) is 9.26. The number of unbranched alkanes of at least 4 members (excludes halogenated alkanes) is 3. The van der Waals surface area contributed by atoms with E-state index in [2.05, 4.69) is 24.8 Å². The molecule has 0 aromatic heterocycles. The zero-order valence-electron chi connectivity index (χ0n) is 14.8. The van der Waals surface area contributed by atoms with Crippen LogP contribution in [0.15, 0.2) is 12.2 Å². The fourth-order valence-electron chi connectivity index (χ4n) is 3.15. The van der Waals surface area contributed by atoms with Gasteiger partial charge in [-0.2, -0.15) is 0 Å². The molecular weight excluding hydrogens is 304 g/mol. The summed E-state index contributed by atoms with van der Waals surface area (Å²) in [5.41, 5.74) is 0. The van der Waals surface area contributed by atoms with Gasteiger partial charge in [0.05, 0.1) is 12.2 Å². The van der Waals surface area contributed by atoms with Gasteiger partial charge >= 0.3 is 5.97 Å². The van der Waals surface area contributed by atoms with Gasteiger partial charge in [0.2, 0.25) is 0 Å². The predicted molar refractivity (Wildman–Crippen MR) is 95.4 cm³/mol. The van der Waals surface area contributed by atoms with Crippen molar-refractivity contribution in [1.82, 2.24) is 0 Å². The van der Waals surface area contributed by atoms with Crippen LogP contribution >= 0.6 is 0 Å². The highest BCUT2D eigenvalue weighted by Crippen LogP contribution is 2.35. The number of carbonyl (C=O) groups is 1. The lowest BCUT2D eigenvalue weighted by molar-refractivity contribution is -0.137. The second-order valence-electron chi connectivity index (χ2n) is 6.73. The molecule has 1 rings (SSSR count). The topological polar surface area (TPSA) is 77.8 Å². The molecule has 0 aliphatic heterocycles. The largest absolute Gasteiger partial charge is 0.481 e. The van der Waals surface area contributed by atoms with Crippen molar-refractivity contribution < 1.29 is 20.1 Å². The van der Waals surface area contributed by atoms with Crippen molar-refractivity contribution in [1.29, 1.82) is 0 Å². The van der Waals surface area contributed by atoms with Crippen molar-refractivity contribution in [2.24, 2.45) is 11.8 Å². The number of carboxylic acid groups (broad SMARTS) is 1. The van der Waals surface area contributed by atoms with Gasteiger partial charge in [-0.05, 0) is 38.0 Å². The van der Waals surface area contributed by atoms with Gasteiger partial charge in [-0.25, -0.2) is 0 Å². The van der Waals surface area contributed by atoms with Gasteiger partial charge in [-0.1, -0.05) is 31.9 Å². The fourth-order valence-corrected chi connectivity index (χ4v) is 3.15. The first kappa shape index (κ1) is 20.7. The number of hydrogen-bond acceptors (Lipinski definition) is 3. The summed E-state index contributed by atoms with van der Waals surface area (Å²) >= 11 is 0.